The molecular weight excluding hydrogens is 662 g/mol. The molecule has 4 heterocycles. The smallest absolute Gasteiger partial charge is 0.411 e. The molecular formula is C35H38ClN9O5. The second kappa shape index (κ2) is 15.5. The Labute approximate surface area is 294 Å². The highest BCUT2D eigenvalue weighted by molar-refractivity contribution is 6.30. The first-order chi connectivity index (χ1) is 24.2. The number of benzene rings is 2. The molecule has 0 radical (unpaired) electrons. The second-order valence-corrected chi connectivity index (χ2v) is 13.1. The van der Waals surface area contributed by atoms with Gasteiger partial charge in [0.15, 0.2) is 0 Å². The van der Waals surface area contributed by atoms with Crippen molar-refractivity contribution in [1.29, 1.82) is 0 Å². The molecule has 4 N–H and O–H groups in total. The Kier molecular flexibility index (Phi) is 10.7. The molecule has 15 heteroatoms. The Morgan fingerprint density at radius 3 is 2.72 bits per heavy atom. The van der Waals surface area contributed by atoms with E-state index in [1.165, 1.54) is 24.2 Å². The molecule has 2 bridgehead atoms. The molecule has 2 atom stereocenters. The summed E-state index contributed by atoms with van der Waals surface area (Å²) < 4.78 is 11.7. The molecule has 0 saturated carbocycles. The summed E-state index contributed by atoms with van der Waals surface area (Å²) in [5, 5.41) is 24.3. The Balaban J connectivity index is 1.27. The van der Waals surface area contributed by atoms with Crippen LogP contribution in [0.1, 0.15) is 49.9 Å². The van der Waals surface area contributed by atoms with Crippen LogP contribution in [0.5, 0.6) is 0 Å². The minimum Gasteiger partial charge on any atom is -0.453 e. The molecule has 2 aliphatic rings. The van der Waals surface area contributed by atoms with Gasteiger partial charge in [-0.15, -0.1) is 5.10 Å². The van der Waals surface area contributed by atoms with Gasteiger partial charge in [0.25, 0.3) is 0 Å². The molecule has 50 heavy (non-hydrogen) atoms. The van der Waals surface area contributed by atoms with E-state index in [2.05, 4.69) is 48.7 Å². The van der Waals surface area contributed by atoms with Gasteiger partial charge < -0.3 is 25.4 Å². The molecule has 2 aromatic heterocycles. The first-order valence-corrected chi connectivity index (χ1v) is 16.7. The number of carbonyl (C=O) groups excluding carboxylic acids is 3. The van der Waals surface area contributed by atoms with Gasteiger partial charge >= 0.3 is 6.09 Å². The number of halogens is 1. The average molecular weight is 700 g/mol. The molecule has 0 unspecified atom stereocenters. The zero-order valence-electron chi connectivity index (χ0n) is 27.7. The maximum absolute atomic E-state index is 13.6. The summed E-state index contributed by atoms with van der Waals surface area (Å²) in [5.41, 5.74) is 4.69. The lowest BCUT2D eigenvalue weighted by Crippen LogP contribution is -2.51. The first kappa shape index (κ1) is 34.5. The van der Waals surface area contributed by atoms with Crippen molar-refractivity contribution in [3.8, 4) is 16.8 Å². The Morgan fingerprint density at radius 1 is 1.12 bits per heavy atom. The number of ether oxygens (including phenoxy) is 2. The van der Waals surface area contributed by atoms with E-state index in [1.54, 1.807) is 42.6 Å². The molecule has 1 fully saturated rings. The lowest BCUT2D eigenvalue weighted by atomic mass is 9.88. The number of carbonyl (C=O) groups is 3. The van der Waals surface area contributed by atoms with Gasteiger partial charge in [0, 0.05) is 51.8 Å². The third kappa shape index (κ3) is 8.44. The maximum Gasteiger partial charge on any atom is 0.411 e. The van der Waals surface area contributed by atoms with Gasteiger partial charge in [-0.1, -0.05) is 37.4 Å². The van der Waals surface area contributed by atoms with E-state index >= 15 is 0 Å². The number of nitrogens with zero attached hydrogens (tertiary/aromatic N) is 5. The second-order valence-electron chi connectivity index (χ2n) is 12.7. The van der Waals surface area contributed by atoms with E-state index in [-0.39, 0.29) is 17.2 Å². The lowest BCUT2D eigenvalue weighted by molar-refractivity contribution is -0.127. The van der Waals surface area contributed by atoms with E-state index in [1.807, 2.05) is 18.2 Å². The standard InChI is InChI=1S/C35H38ClN9O5/c1-35(19-50-20-35)18-38-33(47)28-6-4-3-5-27(42-32(46)12-7-23-15-24(36)8-11-31(23)45-21-39-43-44-45)30-16-22(13-14-37-30)26-10-9-25(17-29(26)41-28)40-34(48)49-2/h7-17,21,27-28,41H,3-6,18-20H2,1-2H3,(H,38,47)(H,40,48)(H,42,46)/b12-7+/t27-,28+/m0/s1. The number of tetrazole rings is 1. The number of amides is 3. The molecule has 14 nitrogen and oxygen atoms in total. The zero-order valence-corrected chi connectivity index (χ0v) is 28.4. The van der Waals surface area contributed by atoms with Gasteiger partial charge in [0.1, 0.15) is 12.4 Å². The first-order valence-electron chi connectivity index (χ1n) is 16.3. The summed E-state index contributed by atoms with van der Waals surface area (Å²) in [4.78, 5) is 43.7. The predicted octanol–water partition coefficient (Wildman–Crippen LogP) is 4.93. The summed E-state index contributed by atoms with van der Waals surface area (Å²) in [6.45, 7) is 3.78. The molecule has 6 rings (SSSR count). The van der Waals surface area contributed by atoms with Crippen molar-refractivity contribution >= 4 is 47.0 Å². The SMILES string of the molecule is COC(=O)Nc1ccc2c(c1)N[C@@H](C(=O)NCC1(C)COC1)CCCC[C@H](NC(=O)/C=C/c1cc(Cl)ccc1-n1cnnn1)c1cc-2ccn1. The van der Waals surface area contributed by atoms with Crippen molar-refractivity contribution in [3.63, 3.8) is 0 Å². The number of aromatic nitrogens is 5. The third-order valence-electron chi connectivity index (χ3n) is 8.69. The van der Waals surface area contributed by atoms with Gasteiger partial charge in [-0.25, -0.2) is 4.79 Å². The number of hydrogen-bond donors (Lipinski definition) is 4. The highest BCUT2D eigenvalue weighted by atomic mass is 35.5. The fourth-order valence-electron chi connectivity index (χ4n) is 5.92. The van der Waals surface area contributed by atoms with Crippen molar-refractivity contribution in [2.75, 3.05) is 37.5 Å². The van der Waals surface area contributed by atoms with Crippen LogP contribution in [0.2, 0.25) is 5.02 Å². The Morgan fingerprint density at radius 2 is 1.96 bits per heavy atom. The number of pyridine rings is 1. The van der Waals surface area contributed by atoms with Crippen molar-refractivity contribution in [3.05, 3.63) is 83.4 Å². The predicted molar refractivity (Wildman–Crippen MR) is 188 cm³/mol. The van der Waals surface area contributed by atoms with E-state index in [4.69, 9.17) is 21.1 Å². The van der Waals surface area contributed by atoms with Crippen LogP contribution in [-0.4, -0.2) is 76.0 Å². The monoisotopic (exact) mass is 699 g/mol. The number of fused-ring (bicyclic) bond motifs is 4. The minimum absolute atomic E-state index is 0.0915. The van der Waals surface area contributed by atoms with Gasteiger partial charge in [-0.3, -0.25) is 19.9 Å². The van der Waals surface area contributed by atoms with Gasteiger partial charge in [-0.05, 0) is 77.4 Å². The van der Waals surface area contributed by atoms with Gasteiger partial charge in [0.2, 0.25) is 11.8 Å². The van der Waals surface area contributed by atoms with Crippen LogP contribution < -0.4 is 21.3 Å². The molecule has 1 saturated heterocycles. The number of methoxy groups -OCH3 is 1. The summed E-state index contributed by atoms with van der Waals surface area (Å²) in [6, 6.07) is 13.5. The average Bonchev–Trinajstić information content (AvgIpc) is 3.64. The summed E-state index contributed by atoms with van der Waals surface area (Å²) in [5.74, 6) is -0.441. The molecule has 4 aromatic rings. The van der Waals surface area contributed by atoms with E-state index < -0.39 is 18.2 Å². The van der Waals surface area contributed by atoms with Crippen LogP contribution in [0.4, 0.5) is 16.2 Å². The minimum atomic E-state index is -0.607. The summed E-state index contributed by atoms with van der Waals surface area (Å²) >= 11 is 6.26. The van der Waals surface area contributed by atoms with E-state index in [0.29, 0.717) is 78.8 Å². The van der Waals surface area contributed by atoms with Crippen molar-refractivity contribution in [1.82, 2.24) is 35.8 Å². The highest BCUT2D eigenvalue weighted by Gasteiger charge is 2.34. The van der Waals surface area contributed by atoms with E-state index in [0.717, 1.165) is 11.1 Å². The highest BCUT2D eigenvalue weighted by Crippen LogP contribution is 2.34. The van der Waals surface area contributed by atoms with Crippen LogP contribution >= 0.6 is 11.6 Å². The third-order valence-corrected chi connectivity index (χ3v) is 8.92. The van der Waals surface area contributed by atoms with Crippen LogP contribution in [-0.2, 0) is 19.1 Å². The number of rotatable bonds is 8. The Hall–Kier alpha value is -5.34. The van der Waals surface area contributed by atoms with Crippen LogP contribution in [0.25, 0.3) is 22.9 Å². The summed E-state index contributed by atoms with van der Waals surface area (Å²) in [7, 11) is 1.30. The maximum atomic E-state index is 13.6. The number of hydrogen-bond acceptors (Lipinski definition) is 10. The van der Waals surface area contributed by atoms with Crippen LogP contribution in [0.15, 0.2) is 67.1 Å². The van der Waals surface area contributed by atoms with Gasteiger partial charge in [-0.2, -0.15) is 4.68 Å². The molecule has 2 aromatic carbocycles. The van der Waals surface area contributed by atoms with Gasteiger partial charge in [0.05, 0.1) is 37.7 Å². The molecule has 0 aliphatic carbocycles. The number of nitrogens with one attached hydrogen (secondary N) is 4. The lowest BCUT2D eigenvalue weighted by Gasteiger charge is -2.38. The van der Waals surface area contributed by atoms with Crippen LogP contribution in [0.3, 0.4) is 0 Å². The normalized spacial score (nSPS) is 18.3. The van der Waals surface area contributed by atoms with Crippen LogP contribution in [0, 0.1) is 5.41 Å². The van der Waals surface area contributed by atoms with Crippen molar-refractivity contribution in [2.24, 2.45) is 5.41 Å². The quantitative estimate of drug-likeness (QED) is 0.185. The molecule has 0 spiro atoms. The Bertz CT molecular complexity index is 1880. The fraction of sp³-hybridized carbons (Fsp3) is 0.343. The number of anilines is 2. The molecule has 3 amide bonds. The summed E-state index contributed by atoms with van der Waals surface area (Å²) in [6.07, 6.45) is 8.21. The molecule has 260 valence electrons. The van der Waals surface area contributed by atoms with Crippen molar-refractivity contribution < 1.29 is 23.9 Å². The largest absolute Gasteiger partial charge is 0.453 e. The zero-order chi connectivity index (χ0) is 35.1. The van der Waals surface area contributed by atoms with E-state index in [9.17, 15) is 14.4 Å². The van der Waals surface area contributed by atoms with Crippen molar-refractivity contribution in [2.45, 2.75) is 44.7 Å². The molecule has 2 aliphatic heterocycles. The fourth-order valence-corrected chi connectivity index (χ4v) is 6.10. The topological polar surface area (TPSA) is 174 Å².